The minimum atomic E-state index is 0.107. The maximum absolute atomic E-state index is 9.78. The third kappa shape index (κ3) is 3.86. The number of hydrogen-bond donors (Lipinski definition) is 2. The Balaban J connectivity index is 2.02. The van der Waals surface area contributed by atoms with Crippen molar-refractivity contribution in [2.75, 3.05) is 14.2 Å². The number of aromatic nitrogens is 1. The average Bonchev–Trinajstić information content (AvgIpc) is 2.51. The number of pyridine rings is 1. The van der Waals surface area contributed by atoms with Crippen LogP contribution in [0.15, 0.2) is 34.9 Å². The molecule has 0 amide bonds. The van der Waals surface area contributed by atoms with Crippen molar-refractivity contribution in [1.29, 1.82) is 0 Å². The Morgan fingerprint density at radius 1 is 1.24 bits per heavy atom. The Morgan fingerprint density at radius 2 is 2.05 bits per heavy atom. The number of phenols is 1. The first-order valence-electron chi connectivity index (χ1n) is 6.39. The molecule has 0 saturated heterocycles. The van der Waals surface area contributed by atoms with Crippen molar-refractivity contribution >= 4 is 15.9 Å². The van der Waals surface area contributed by atoms with Gasteiger partial charge < -0.3 is 19.9 Å². The molecular formula is C15H17BrN2O3. The number of nitrogens with zero attached hydrogens (tertiary/aromatic N) is 1. The second-order valence-corrected chi connectivity index (χ2v) is 5.26. The molecule has 0 radical (unpaired) electrons. The van der Waals surface area contributed by atoms with E-state index in [9.17, 15) is 5.11 Å². The zero-order chi connectivity index (χ0) is 15.2. The first-order valence-corrected chi connectivity index (χ1v) is 7.19. The molecule has 6 heteroatoms. The average molecular weight is 353 g/mol. The van der Waals surface area contributed by atoms with E-state index in [1.54, 1.807) is 19.4 Å². The van der Waals surface area contributed by atoms with Crippen LogP contribution in [0.25, 0.3) is 0 Å². The van der Waals surface area contributed by atoms with E-state index in [2.05, 4.69) is 26.2 Å². The lowest BCUT2D eigenvalue weighted by atomic mass is 10.2. The maximum Gasteiger partial charge on any atom is 0.217 e. The summed E-state index contributed by atoms with van der Waals surface area (Å²) in [5, 5.41) is 13.1. The van der Waals surface area contributed by atoms with Crippen LogP contribution in [0.2, 0.25) is 0 Å². The van der Waals surface area contributed by atoms with Crippen LogP contribution in [0, 0.1) is 0 Å². The van der Waals surface area contributed by atoms with Crippen molar-refractivity contribution in [2.24, 2.45) is 0 Å². The van der Waals surface area contributed by atoms with Crippen LogP contribution in [-0.2, 0) is 13.1 Å². The molecule has 0 aliphatic carbocycles. The Kier molecular flexibility index (Phi) is 5.41. The molecule has 0 bridgehead atoms. The summed E-state index contributed by atoms with van der Waals surface area (Å²) in [6.45, 7) is 1.27. The van der Waals surface area contributed by atoms with E-state index in [1.807, 2.05) is 18.2 Å². The van der Waals surface area contributed by atoms with Crippen molar-refractivity contribution in [1.82, 2.24) is 10.3 Å². The number of phenolic OH excluding ortho intramolecular Hbond substituents is 1. The Morgan fingerprint density at radius 3 is 2.76 bits per heavy atom. The van der Waals surface area contributed by atoms with Gasteiger partial charge in [-0.15, -0.1) is 0 Å². The summed E-state index contributed by atoms with van der Waals surface area (Å²) in [6, 6.07) is 7.49. The lowest BCUT2D eigenvalue weighted by Gasteiger charge is -2.11. The number of halogens is 1. The lowest BCUT2D eigenvalue weighted by Crippen LogP contribution is -2.13. The molecule has 1 aromatic carbocycles. The van der Waals surface area contributed by atoms with Crippen LogP contribution in [0.3, 0.4) is 0 Å². The molecule has 0 aliphatic heterocycles. The van der Waals surface area contributed by atoms with Crippen molar-refractivity contribution in [3.8, 4) is 17.4 Å². The first-order chi connectivity index (χ1) is 10.2. The van der Waals surface area contributed by atoms with Gasteiger partial charge in [0.25, 0.3) is 0 Å². The van der Waals surface area contributed by atoms with Crippen LogP contribution in [0.1, 0.15) is 11.1 Å². The van der Waals surface area contributed by atoms with Crippen LogP contribution >= 0.6 is 15.9 Å². The van der Waals surface area contributed by atoms with Gasteiger partial charge in [0.2, 0.25) is 5.88 Å². The van der Waals surface area contributed by atoms with E-state index in [1.165, 1.54) is 7.11 Å². The Hall–Kier alpha value is -1.79. The van der Waals surface area contributed by atoms with E-state index >= 15 is 0 Å². The van der Waals surface area contributed by atoms with Gasteiger partial charge in [0.1, 0.15) is 0 Å². The summed E-state index contributed by atoms with van der Waals surface area (Å²) in [4.78, 5) is 4.15. The molecule has 1 heterocycles. The molecule has 21 heavy (non-hydrogen) atoms. The second-order valence-electron chi connectivity index (χ2n) is 4.40. The van der Waals surface area contributed by atoms with Gasteiger partial charge in [-0.3, -0.25) is 0 Å². The molecule has 0 fully saturated rings. The molecule has 0 spiro atoms. The number of aromatic hydroxyl groups is 1. The molecular weight excluding hydrogens is 336 g/mol. The van der Waals surface area contributed by atoms with E-state index in [0.717, 1.165) is 11.1 Å². The number of ether oxygens (including phenoxy) is 2. The largest absolute Gasteiger partial charge is 0.503 e. The summed E-state index contributed by atoms with van der Waals surface area (Å²) < 4.78 is 10.9. The minimum Gasteiger partial charge on any atom is -0.503 e. The van der Waals surface area contributed by atoms with Gasteiger partial charge in [-0.05, 0) is 39.7 Å². The lowest BCUT2D eigenvalue weighted by molar-refractivity contribution is 0.371. The van der Waals surface area contributed by atoms with E-state index < -0.39 is 0 Å². The summed E-state index contributed by atoms with van der Waals surface area (Å²) in [5.74, 6) is 1.17. The van der Waals surface area contributed by atoms with Crippen molar-refractivity contribution < 1.29 is 14.6 Å². The highest BCUT2D eigenvalue weighted by Gasteiger charge is 2.09. The van der Waals surface area contributed by atoms with Crippen molar-refractivity contribution in [2.45, 2.75) is 13.1 Å². The van der Waals surface area contributed by atoms with Gasteiger partial charge in [0.15, 0.2) is 11.5 Å². The first kappa shape index (κ1) is 15.6. The highest BCUT2D eigenvalue weighted by atomic mass is 79.9. The third-order valence-corrected chi connectivity index (χ3v) is 3.60. The summed E-state index contributed by atoms with van der Waals surface area (Å²) in [6.07, 6.45) is 1.70. The van der Waals surface area contributed by atoms with Crippen molar-refractivity contribution in [3.05, 3.63) is 46.1 Å². The van der Waals surface area contributed by atoms with Gasteiger partial charge in [0, 0.05) is 24.8 Å². The van der Waals surface area contributed by atoms with Gasteiger partial charge >= 0.3 is 0 Å². The normalized spacial score (nSPS) is 10.4. The van der Waals surface area contributed by atoms with Gasteiger partial charge in [0.05, 0.1) is 18.7 Å². The quantitative estimate of drug-likeness (QED) is 0.836. The summed E-state index contributed by atoms with van der Waals surface area (Å²) >= 11 is 3.31. The molecule has 2 aromatic rings. The van der Waals surface area contributed by atoms with Gasteiger partial charge in [-0.25, -0.2) is 4.98 Å². The fourth-order valence-electron chi connectivity index (χ4n) is 1.97. The monoisotopic (exact) mass is 352 g/mol. The standard InChI is InChI=1S/C15H17BrN2O3/c1-20-13-7-10(6-12(16)14(13)19)8-17-9-11-4-3-5-18-15(11)21-2/h3-7,17,19H,8-9H2,1-2H3. The zero-order valence-electron chi connectivity index (χ0n) is 11.9. The molecule has 5 nitrogen and oxygen atoms in total. The SMILES string of the molecule is COc1cc(CNCc2cccnc2OC)cc(Br)c1O. The predicted molar refractivity (Wildman–Crippen MR) is 83.7 cm³/mol. The molecule has 1 aromatic heterocycles. The topological polar surface area (TPSA) is 63.6 Å². The van der Waals surface area contributed by atoms with Gasteiger partial charge in [-0.1, -0.05) is 6.07 Å². The molecule has 0 unspecified atom stereocenters. The van der Waals surface area contributed by atoms with Gasteiger partial charge in [-0.2, -0.15) is 0 Å². The molecule has 0 aliphatic rings. The Bertz CT molecular complexity index is 620. The highest BCUT2D eigenvalue weighted by molar-refractivity contribution is 9.10. The van der Waals surface area contributed by atoms with E-state index in [0.29, 0.717) is 29.2 Å². The smallest absolute Gasteiger partial charge is 0.217 e. The maximum atomic E-state index is 9.78. The fraction of sp³-hybridized carbons (Fsp3) is 0.267. The third-order valence-electron chi connectivity index (χ3n) is 3.00. The fourth-order valence-corrected chi connectivity index (χ4v) is 2.46. The number of methoxy groups -OCH3 is 2. The zero-order valence-corrected chi connectivity index (χ0v) is 13.5. The Labute approximate surface area is 132 Å². The number of nitrogens with one attached hydrogen (secondary N) is 1. The van der Waals surface area contributed by atoms with Crippen LogP contribution in [0.5, 0.6) is 17.4 Å². The number of hydrogen-bond acceptors (Lipinski definition) is 5. The van der Waals surface area contributed by atoms with Crippen LogP contribution in [-0.4, -0.2) is 24.3 Å². The minimum absolute atomic E-state index is 0.107. The number of rotatable bonds is 6. The molecule has 0 saturated carbocycles. The highest BCUT2D eigenvalue weighted by Crippen LogP contribution is 2.35. The van der Waals surface area contributed by atoms with Crippen molar-refractivity contribution in [3.63, 3.8) is 0 Å². The second kappa shape index (κ2) is 7.28. The summed E-state index contributed by atoms with van der Waals surface area (Å²) in [7, 11) is 3.13. The van der Waals surface area contributed by atoms with Crippen LogP contribution in [0.4, 0.5) is 0 Å². The predicted octanol–water partition coefficient (Wildman–Crippen LogP) is 2.86. The van der Waals surface area contributed by atoms with E-state index in [-0.39, 0.29) is 5.75 Å². The van der Waals surface area contributed by atoms with E-state index in [4.69, 9.17) is 9.47 Å². The molecule has 2 rings (SSSR count). The molecule has 112 valence electrons. The summed E-state index contributed by atoms with van der Waals surface area (Å²) in [5.41, 5.74) is 1.99. The molecule has 2 N–H and O–H groups in total. The number of benzene rings is 1. The van der Waals surface area contributed by atoms with Crippen LogP contribution < -0.4 is 14.8 Å². The molecule has 0 atom stereocenters.